The number of anilines is 2. The van der Waals surface area contributed by atoms with E-state index in [4.69, 9.17) is 15.0 Å². The molecule has 9 nitrogen and oxygen atoms in total. The summed E-state index contributed by atoms with van der Waals surface area (Å²) in [5.74, 6) is 0.107. The summed E-state index contributed by atoms with van der Waals surface area (Å²) in [6.07, 6.45) is 0. The first-order chi connectivity index (χ1) is 13.7. The van der Waals surface area contributed by atoms with E-state index in [2.05, 4.69) is 15.5 Å². The third-order valence-corrected chi connectivity index (χ3v) is 4.87. The quantitative estimate of drug-likeness (QED) is 0.326. The zero-order valence-electron chi connectivity index (χ0n) is 15.6. The molecule has 0 heterocycles. The van der Waals surface area contributed by atoms with Gasteiger partial charge in [0, 0.05) is 13.0 Å². The standard InChI is InChI=1S/C19H18N4O5S/c1-11(24)21-17-9-16(20)19(28-2)10-18(17)23-22-14-5-3-13-8-15(29(25,26)27)6-4-12(13)7-14/h3-10H,20H2,1-2H3,(H,21,24)(H,25,26,27). The van der Waals surface area contributed by atoms with E-state index in [0.717, 1.165) is 0 Å². The smallest absolute Gasteiger partial charge is 0.294 e. The van der Waals surface area contributed by atoms with Crippen molar-refractivity contribution in [2.75, 3.05) is 18.2 Å². The Kier molecular flexibility index (Phi) is 5.48. The minimum atomic E-state index is -4.27. The first-order valence-corrected chi connectivity index (χ1v) is 9.79. The number of rotatable bonds is 5. The van der Waals surface area contributed by atoms with E-state index >= 15 is 0 Å². The Balaban J connectivity index is 1.98. The second-order valence-electron chi connectivity index (χ2n) is 6.16. The number of hydrogen-bond donors (Lipinski definition) is 3. The maximum absolute atomic E-state index is 11.4. The number of fused-ring (bicyclic) bond motifs is 1. The van der Waals surface area contributed by atoms with Crippen molar-refractivity contribution >= 4 is 49.5 Å². The molecule has 0 saturated carbocycles. The largest absolute Gasteiger partial charge is 0.495 e. The Hall–Kier alpha value is -3.50. The van der Waals surface area contributed by atoms with E-state index in [1.807, 2.05) is 0 Å². The Morgan fingerprint density at radius 2 is 1.76 bits per heavy atom. The minimum absolute atomic E-state index is 0.187. The number of nitrogens with zero attached hydrogens (tertiary/aromatic N) is 2. The van der Waals surface area contributed by atoms with Gasteiger partial charge in [-0.1, -0.05) is 12.1 Å². The van der Waals surface area contributed by atoms with Crippen molar-refractivity contribution in [2.24, 2.45) is 10.2 Å². The number of nitrogen functional groups attached to an aromatic ring is 1. The molecule has 0 unspecified atom stereocenters. The predicted octanol–water partition coefficient (Wildman–Crippen LogP) is 4.05. The number of carbonyl (C=O) groups is 1. The van der Waals surface area contributed by atoms with Gasteiger partial charge in [0.25, 0.3) is 10.1 Å². The van der Waals surface area contributed by atoms with Crippen LogP contribution in [0.1, 0.15) is 6.92 Å². The van der Waals surface area contributed by atoms with Gasteiger partial charge in [0.05, 0.1) is 29.1 Å². The Morgan fingerprint density at radius 1 is 1.07 bits per heavy atom. The molecule has 0 atom stereocenters. The molecule has 0 spiro atoms. The van der Waals surface area contributed by atoms with Crippen LogP contribution in [0.5, 0.6) is 5.75 Å². The van der Waals surface area contributed by atoms with Gasteiger partial charge in [-0.25, -0.2) is 0 Å². The van der Waals surface area contributed by atoms with Crippen molar-refractivity contribution in [3.63, 3.8) is 0 Å². The second-order valence-corrected chi connectivity index (χ2v) is 7.58. The lowest BCUT2D eigenvalue weighted by atomic mass is 10.1. The van der Waals surface area contributed by atoms with E-state index < -0.39 is 10.1 Å². The van der Waals surface area contributed by atoms with Crippen molar-refractivity contribution in [3.05, 3.63) is 48.5 Å². The number of benzene rings is 3. The van der Waals surface area contributed by atoms with E-state index in [0.29, 0.717) is 39.3 Å². The molecule has 0 aliphatic rings. The van der Waals surface area contributed by atoms with Crippen LogP contribution < -0.4 is 15.8 Å². The van der Waals surface area contributed by atoms with Crippen LogP contribution in [-0.2, 0) is 14.9 Å². The average Bonchev–Trinajstić information content (AvgIpc) is 2.65. The number of hydrogen-bond acceptors (Lipinski definition) is 7. The first kappa shape index (κ1) is 20.2. The average molecular weight is 414 g/mol. The predicted molar refractivity (Wildman–Crippen MR) is 110 cm³/mol. The summed E-state index contributed by atoms with van der Waals surface area (Å²) < 4.78 is 36.9. The molecule has 29 heavy (non-hydrogen) atoms. The van der Waals surface area contributed by atoms with Crippen LogP contribution in [0.2, 0.25) is 0 Å². The lowest BCUT2D eigenvalue weighted by Gasteiger charge is -2.10. The molecule has 0 radical (unpaired) electrons. The molecule has 3 rings (SSSR count). The zero-order chi connectivity index (χ0) is 21.2. The van der Waals surface area contributed by atoms with Crippen molar-refractivity contribution in [1.82, 2.24) is 0 Å². The topological polar surface area (TPSA) is 143 Å². The molecule has 0 bridgehead atoms. The fourth-order valence-electron chi connectivity index (χ4n) is 2.68. The summed E-state index contributed by atoms with van der Waals surface area (Å²) in [5, 5.41) is 12.3. The zero-order valence-corrected chi connectivity index (χ0v) is 16.4. The lowest BCUT2D eigenvalue weighted by molar-refractivity contribution is -0.114. The van der Waals surface area contributed by atoms with Crippen LogP contribution in [0.15, 0.2) is 63.7 Å². The Labute approximate surface area is 167 Å². The highest BCUT2D eigenvalue weighted by atomic mass is 32.2. The summed E-state index contributed by atoms with van der Waals surface area (Å²) >= 11 is 0. The molecule has 0 saturated heterocycles. The van der Waals surface area contributed by atoms with Crippen LogP contribution in [0, 0.1) is 0 Å². The highest BCUT2D eigenvalue weighted by Gasteiger charge is 2.11. The van der Waals surface area contributed by atoms with Crippen LogP contribution >= 0.6 is 0 Å². The molecule has 1 amide bonds. The normalized spacial score (nSPS) is 11.7. The van der Waals surface area contributed by atoms with Crippen molar-refractivity contribution < 1.29 is 22.5 Å². The summed E-state index contributed by atoms with van der Waals surface area (Å²) in [6.45, 7) is 1.37. The monoisotopic (exact) mass is 414 g/mol. The molecule has 10 heteroatoms. The van der Waals surface area contributed by atoms with Crippen molar-refractivity contribution in [2.45, 2.75) is 11.8 Å². The minimum Gasteiger partial charge on any atom is -0.495 e. The van der Waals surface area contributed by atoms with Gasteiger partial charge >= 0.3 is 0 Å². The van der Waals surface area contributed by atoms with Crippen LogP contribution in [-0.4, -0.2) is 26.0 Å². The van der Waals surface area contributed by atoms with Gasteiger partial charge in [-0.15, -0.1) is 5.11 Å². The van der Waals surface area contributed by atoms with Gasteiger partial charge < -0.3 is 15.8 Å². The lowest BCUT2D eigenvalue weighted by Crippen LogP contribution is -2.06. The summed E-state index contributed by atoms with van der Waals surface area (Å²) in [5.41, 5.74) is 7.47. The van der Waals surface area contributed by atoms with Gasteiger partial charge in [0.15, 0.2) is 0 Å². The number of nitrogens with one attached hydrogen (secondary N) is 1. The fourth-order valence-corrected chi connectivity index (χ4v) is 3.20. The maximum Gasteiger partial charge on any atom is 0.294 e. The molecule has 4 N–H and O–H groups in total. The van der Waals surface area contributed by atoms with Crippen molar-refractivity contribution in [3.8, 4) is 5.75 Å². The highest BCUT2D eigenvalue weighted by molar-refractivity contribution is 7.85. The third-order valence-electron chi connectivity index (χ3n) is 4.03. The van der Waals surface area contributed by atoms with Gasteiger partial charge in [-0.05, 0) is 41.1 Å². The molecule has 3 aromatic rings. The van der Waals surface area contributed by atoms with E-state index in [1.165, 1.54) is 32.2 Å². The van der Waals surface area contributed by atoms with E-state index in [1.54, 1.807) is 30.3 Å². The Morgan fingerprint density at radius 3 is 2.41 bits per heavy atom. The number of carbonyl (C=O) groups excluding carboxylic acids is 1. The number of nitrogens with two attached hydrogens (primary N) is 1. The molecule has 0 aliphatic carbocycles. The molecule has 3 aromatic carbocycles. The fraction of sp³-hybridized carbons (Fsp3) is 0.105. The molecule has 150 valence electrons. The molecular weight excluding hydrogens is 396 g/mol. The van der Waals surface area contributed by atoms with Gasteiger partial charge in [0.2, 0.25) is 5.91 Å². The third kappa shape index (κ3) is 4.68. The molecular formula is C19H18N4O5S. The summed E-state index contributed by atoms with van der Waals surface area (Å²) in [7, 11) is -2.81. The van der Waals surface area contributed by atoms with Crippen LogP contribution in [0.4, 0.5) is 22.7 Å². The number of azo groups is 1. The summed E-state index contributed by atoms with van der Waals surface area (Å²) in [6, 6.07) is 12.3. The van der Waals surface area contributed by atoms with E-state index in [9.17, 15) is 13.2 Å². The second kappa shape index (κ2) is 7.86. The van der Waals surface area contributed by atoms with Crippen molar-refractivity contribution in [1.29, 1.82) is 0 Å². The summed E-state index contributed by atoms with van der Waals surface area (Å²) in [4.78, 5) is 11.2. The SMILES string of the molecule is COc1cc(N=Nc2ccc3cc(S(=O)(=O)O)ccc3c2)c(NC(C)=O)cc1N. The van der Waals surface area contributed by atoms with Gasteiger partial charge in [-0.3, -0.25) is 9.35 Å². The Bertz CT molecular complexity index is 1240. The van der Waals surface area contributed by atoms with Crippen LogP contribution in [0.25, 0.3) is 10.8 Å². The molecule has 0 aromatic heterocycles. The molecule has 0 aliphatic heterocycles. The van der Waals surface area contributed by atoms with E-state index in [-0.39, 0.29) is 10.8 Å². The maximum atomic E-state index is 11.4. The van der Waals surface area contributed by atoms with Crippen LogP contribution in [0.3, 0.4) is 0 Å². The first-order valence-electron chi connectivity index (χ1n) is 8.35. The van der Waals surface area contributed by atoms with Gasteiger partial charge in [-0.2, -0.15) is 13.5 Å². The number of amides is 1. The molecule has 0 fully saturated rings. The number of methoxy groups -OCH3 is 1. The van der Waals surface area contributed by atoms with Gasteiger partial charge in [0.1, 0.15) is 11.4 Å². The number of ether oxygens (including phenoxy) is 1. The highest BCUT2D eigenvalue weighted by Crippen LogP contribution is 2.36.